The summed E-state index contributed by atoms with van der Waals surface area (Å²) in [6, 6.07) is 4.81. The van der Waals surface area contributed by atoms with Crippen LogP contribution in [0.1, 0.15) is 18.4 Å². The number of aryl methyl sites for hydroxylation is 1. The lowest BCUT2D eigenvalue weighted by Crippen LogP contribution is -2.38. The first kappa shape index (κ1) is 21.1. The van der Waals surface area contributed by atoms with Crippen LogP contribution in [0.4, 0.5) is 4.39 Å². The van der Waals surface area contributed by atoms with Crippen LogP contribution in [0.5, 0.6) is 0 Å². The molecule has 0 aliphatic rings. The van der Waals surface area contributed by atoms with Gasteiger partial charge in [-0.2, -0.15) is 0 Å². The fraction of sp³-hybridized carbons (Fsp3) is 0.389. The van der Waals surface area contributed by atoms with E-state index in [1.165, 1.54) is 6.07 Å². The summed E-state index contributed by atoms with van der Waals surface area (Å²) < 4.78 is 15.4. The average Bonchev–Trinajstić information content (AvgIpc) is 3.30. The predicted octanol–water partition coefficient (Wildman–Crippen LogP) is 2.70. The van der Waals surface area contributed by atoms with Crippen molar-refractivity contribution in [3.63, 3.8) is 0 Å². The van der Waals surface area contributed by atoms with Crippen LogP contribution >= 0.6 is 24.0 Å². The van der Waals surface area contributed by atoms with Gasteiger partial charge in [-0.05, 0) is 43.0 Å². The molecule has 3 aromatic rings. The molecule has 0 atom stereocenters. The summed E-state index contributed by atoms with van der Waals surface area (Å²) >= 11 is 0. The van der Waals surface area contributed by atoms with Crippen molar-refractivity contribution in [2.45, 2.75) is 25.8 Å². The molecule has 0 fully saturated rings. The number of nitrogens with zero attached hydrogens (tertiary/aromatic N) is 4. The second-order valence-corrected chi connectivity index (χ2v) is 6.09. The normalized spacial score (nSPS) is 11.4. The van der Waals surface area contributed by atoms with E-state index < -0.39 is 0 Å². The third-order valence-corrected chi connectivity index (χ3v) is 4.24. The molecule has 9 heteroatoms. The second kappa shape index (κ2) is 10.9. The number of benzene rings is 1. The molecule has 0 aliphatic heterocycles. The number of aromatic amines is 1. The predicted molar refractivity (Wildman–Crippen MR) is 116 cm³/mol. The largest absolute Gasteiger partial charge is 0.361 e. The number of aliphatic imine (C=N–C) groups is 1. The van der Waals surface area contributed by atoms with Gasteiger partial charge in [-0.1, -0.05) is 0 Å². The molecule has 0 saturated carbocycles. The van der Waals surface area contributed by atoms with E-state index in [1.54, 1.807) is 31.8 Å². The maximum atomic E-state index is 13.4. The van der Waals surface area contributed by atoms with Gasteiger partial charge in [-0.25, -0.2) is 4.39 Å². The molecule has 7 nitrogen and oxygen atoms in total. The molecule has 27 heavy (non-hydrogen) atoms. The minimum absolute atomic E-state index is 0. The van der Waals surface area contributed by atoms with Gasteiger partial charge in [0.15, 0.2) is 5.96 Å². The van der Waals surface area contributed by atoms with Crippen molar-refractivity contribution < 1.29 is 4.39 Å². The van der Waals surface area contributed by atoms with Gasteiger partial charge in [0, 0.05) is 43.8 Å². The molecule has 3 N–H and O–H groups in total. The number of guanidine groups is 1. The van der Waals surface area contributed by atoms with Crippen molar-refractivity contribution >= 4 is 40.8 Å². The number of H-pyrrole nitrogens is 1. The van der Waals surface area contributed by atoms with Crippen LogP contribution in [0.25, 0.3) is 10.9 Å². The van der Waals surface area contributed by atoms with Gasteiger partial charge in [-0.3, -0.25) is 4.99 Å². The highest BCUT2D eigenvalue weighted by atomic mass is 127. The Morgan fingerprint density at radius 2 is 1.96 bits per heavy atom. The van der Waals surface area contributed by atoms with Crippen molar-refractivity contribution in [2.24, 2.45) is 4.99 Å². The van der Waals surface area contributed by atoms with E-state index in [9.17, 15) is 4.39 Å². The number of rotatable bonds is 8. The SMILES string of the molecule is CN=C(NCCCCn1cnnc1)NCCc1c[nH]c2ccc(F)cc12.I. The molecule has 2 heterocycles. The standard InChI is InChI=1S/C18H24FN7.HI/c1-20-18(21-7-2-3-9-26-12-24-25-13-26)22-8-6-14-11-23-17-5-4-15(19)10-16(14)17;/h4-5,10-13,23H,2-3,6-9H2,1H3,(H2,20,21,22);1H. The Balaban J connectivity index is 0.00000261. The molecule has 0 spiro atoms. The molecule has 146 valence electrons. The first-order valence-electron chi connectivity index (χ1n) is 8.78. The third-order valence-electron chi connectivity index (χ3n) is 4.24. The van der Waals surface area contributed by atoms with Crippen LogP contribution in [0, 0.1) is 5.82 Å². The van der Waals surface area contributed by atoms with Crippen molar-refractivity contribution in [3.8, 4) is 0 Å². The molecular weight excluding hydrogens is 460 g/mol. The van der Waals surface area contributed by atoms with Gasteiger partial charge in [-0.15, -0.1) is 34.2 Å². The van der Waals surface area contributed by atoms with Gasteiger partial charge in [0.2, 0.25) is 0 Å². The van der Waals surface area contributed by atoms with Crippen LogP contribution in [0.3, 0.4) is 0 Å². The Morgan fingerprint density at radius 1 is 1.19 bits per heavy atom. The number of nitrogens with one attached hydrogen (secondary N) is 3. The Bertz CT molecular complexity index is 845. The summed E-state index contributed by atoms with van der Waals surface area (Å²) in [6.07, 6.45) is 8.25. The quantitative estimate of drug-likeness (QED) is 0.198. The molecule has 0 radical (unpaired) electrons. The summed E-state index contributed by atoms with van der Waals surface area (Å²) in [5.41, 5.74) is 2.05. The van der Waals surface area contributed by atoms with E-state index in [0.717, 1.165) is 61.3 Å². The lowest BCUT2D eigenvalue weighted by Gasteiger charge is -2.11. The molecule has 0 bridgehead atoms. The molecule has 0 amide bonds. The van der Waals surface area contributed by atoms with E-state index in [4.69, 9.17) is 0 Å². The van der Waals surface area contributed by atoms with Crippen LogP contribution in [0.2, 0.25) is 0 Å². The average molecular weight is 485 g/mol. The van der Waals surface area contributed by atoms with Crippen molar-refractivity contribution in [3.05, 3.63) is 48.4 Å². The zero-order valence-corrected chi connectivity index (χ0v) is 17.6. The molecule has 1 aromatic carbocycles. The minimum Gasteiger partial charge on any atom is -0.361 e. The van der Waals surface area contributed by atoms with Gasteiger partial charge in [0.25, 0.3) is 0 Å². The Hall–Kier alpha value is -2.17. The minimum atomic E-state index is -0.213. The number of hydrogen-bond donors (Lipinski definition) is 3. The zero-order valence-electron chi connectivity index (χ0n) is 15.3. The highest BCUT2D eigenvalue weighted by Gasteiger charge is 2.05. The maximum absolute atomic E-state index is 13.4. The summed E-state index contributed by atoms with van der Waals surface area (Å²) in [7, 11) is 1.76. The highest BCUT2D eigenvalue weighted by molar-refractivity contribution is 14.0. The summed E-state index contributed by atoms with van der Waals surface area (Å²) in [6.45, 7) is 2.49. The first-order chi connectivity index (χ1) is 12.8. The molecule has 0 aliphatic carbocycles. The monoisotopic (exact) mass is 485 g/mol. The molecular formula is C18H25FIN7. The number of halogens is 2. The Kier molecular flexibility index (Phi) is 8.49. The summed E-state index contributed by atoms with van der Waals surface area (Å²) in [5, 5.41) is 15.1. The van der Waals surface area contributed by atoms with Crippen molar-refractivity contribution in [2.75, 3.05) is 20.1 Å². The van der Waals surface area contributed by atoms with Gasteiger partial charge < -0.3 is 20.2 Å². The molecule has 0 saturated heterocycles. The number of fused-ring (bicyclic) bond motifs is 1. The Labute approximate surface area is 174 Å². The fourth-order valence-electron chi connectivity index (χ4n) is 2.86. The first-order valence-corrected chi connectivity index (χ1v) is 8.78. The van der Waals surface area contributed by atoms with Crippen LogP contribution in [-0.2, 0) is 13.0 Å². The molecule has 3 rings (SSSR count). The van der Waals surface area contributed by atoms with E-state index in [0.29, 0.717) is 0 Å². The third kappa shape index (κ3) is 6.19. The van der Waals surface area contributed by atoms with Crippen LogP contribution < -0.4 is 10.6 Å². The second-order valence-electron chi connectivity index (χ2n) is 6.09. The topological polar surface area (TPSA) is 82.9 Å². The van der Waals surface area contributed by atoms with Crippen molar-refractivity contribution in [1.82, 2.24) is 30.4 Å². The van der Waals surface area contributed by atoms with Crippen LogP contribution in [0.15, 0.2) is 42.0 Å². The Morgan fingerprint density at radius 3 is 2.74 bits per heavy atom. The lowest BCUT2D eigenvalue weighted by molar-refractivity contribution is 0.597. The van der Waals surface area contributed by atoms with Crippen LogP contribution in [-0.4, -0.2) is 45.8 Å². The highest BCUT2D eigenvalue weighted by Crippen LogP contribution is 2.19. The lowest BCUT2D eigenvalue weighted by atomic mass is 10.1. The fourth-order valence-corrected chi connectivity index (χ4v) is 2.86. The van der Waals surface area contributed by atoms with Gasteiger partial charge >= 0.3 is 0 Å². The number of hydrogen-bond acceptors (Lipinski definition) is 3. The van der Waals surface area contributed by atoms with Gasteiger partial charge in [0.05, 0.1) is 0 Å². The number of aromatic nitrogens is 4. The number of unbranched alkanes of at least 4 members (excludes halogenated alkanes) is 1. The van der Waals surface area contributed by atoms with Crippen molar-refractivity contribution in [1.29, 1.82) is 0 Å². The zero-order chi connectivity index (χ0) is 18.2. The van der Waals surface area contributed by atoms with E-state index in [-0.39, 0.29) is 29.8 Å². The van der Waals surface area contributed by atoms with Gasteiger partial charge in [0.1, 0.15) is 18.5 Å². The van der Waals surface area contributed by atoms with E-state index in [2.05, 4.69) is 30.8 Å². The summed E-state index contributed by atoms with van der Waals surface area (Å²) in [5.74, 6) is 0.565. The smallest absolute Gasteiger partial charge is 0.190 e. The van der Waals surface area contributed by atoms with E-state index in [1.807, 2.05) is 10.8 Å². The summed E-state index contributed by atoms with van der Waals surface area (Å²) in [4.78, 5) is 7.41. The van der Waals surface area contributed by atoms with E-state index >= 15 is 0 Å². The molecule has 0 unspecified atom stereocenters. The maximum Gasteiger partial charge on any atom is 0.190 e. The molecule has 2 aromatic heterocycles.